The fourth-order valence-electron chi connectivity index (χ4n) is 3.38. The Bertz CT molecular complexity index is 1400. The number of carbonyl (C=O) groups is 2. The molecule has 190 valence electrons. The molecule has 2 N–H and O–H groups in total. The number of hydrogen-bond donors (Lipinski definition) is 2. The highest BCUT2D eigenvalue weighted by atomic mass is 16.6. The molecule has 0 radical (unpaired) electrons. The van der Waals surface area contributed by atoms with E-state index in [2.05, 4.69) is 0 Å². The summed E-state index contributed by atoms with van der Waals surface area (Å²) in [4.78, 5) is 24.7. The van der Waals surface area contributed by atoms with Crippen molar-refractivity contribution in [3.63, 3.8) is 0 Å². The van der Waals surface area contributed by atoms with Gasteiger partial charge in [0.1, 0.15) is 22.8 Å². The summed E-state index contributed by atoms with van der Waals surface area (Å²) in [5.74, 6) is -0.360. The molecule has 0 atom stereocenters. The van der Waals surface area contributed by atoms with E-state index < -0.39 is 5.97 Å². The number of benzene rings is 3. The number of allylic oxidation sites excluding steroid dienone is 3. The monoisotopic (exact) mass is 500 g/mol. The molecule has 37 heavy (non-hydrogen) atoms. The number of phenolic OH excluding ortho intramolecular Hbond substituents is 1. The van der Waals surface area contributed by atoms with Gasteiger partial charge >= 0.3 is 5.97 Å². The van der Waals surface area contributed by atoms with Crippen LogP contribution in [-0.2, 0) is 4.79 Å². The van der Waals surface area contributed by atoms with Crippen LogP contribution in [0.2, 0.25) is 0 Å². The van der Waals surface area contributed by atoms with Gasteiger partial charge in [0.15, 0.2) is 17.3 Å². The molecule has 7 nitrogen and oxygen atoms in total. The van der Waals surface area contributed by atoms with E-state index in [1.54, 1.807) is 44.4 Å². The van der Waals surface area contributed by atoms with E-state index in [0.29, 0.717) is 5.56 Å². The van der Waals surface area contributed by atoms with Crippen LogP contribution >= 0.6 is 0 Å². The van der Waals surface area contributed by atoms with Crippen LogP contribution in [0.25, 0.3) is 12.2 Å². The molecular formula is C30H28O7. The van der Waals surface area contributed by atoms with Gasteiger partial charge in [0.05, 0.1) is 14.2 Å². The fraction of sp³-hybridized carbons (Fsp3) is 0.133. The van der Waals surface area contributed by atoms with Crippen molar-refractivity contribution in [2.24, 2.45) is 0 Å². The molecule has 0 spiro atoms. The number of aromatic hydroxyl groups is 1. The smallest absolute Gasteiger partial charge is 0.347 e. The highest BCUT2D eigenvalue weighted by molar-refractivity contribution is 6.02. The molecule has 3 rings (SSSR count). The minimum absolute atomic E-state index is 0.0342. The molecule has 0 saturated carbocycles. The quantitative estimate of drug-likeness (QED) is 0.122. The zero-order valence-corrected chi connectivity index (χ0v) is 21.0. The molecule has 0 fully saturated rings. The lowest BCUT2D eigenvalue weighted by molar-refractivity contribution is -0.110. The van der Waals surface area contributed by atoms with Crippen molar-refractivity contribution in [3.05, 3.63) is 106 Å². The van der Waals surface area contributed by atoms with Gasteiger partial charge in [-0.1, -0.05) is 36.4 Å². The predicted octanol–water partition coefficient (Wildman–Crippen LogP) is 5.98. The van der Waals surface area contributed by atoms with Gasteiger partial charge in [-0.3, -0.25) is 4.79 Å². The summed E-state index contributed by atoms with van der Waals surface area (Å²) in [7, 11) is 3.01. The maximum absolute atomic E-state index is 12.5. The Morgan fingerprint density at radius 2 is 1.43 bits per heavy atom. The third kappa shape index (κ3) is 7.35. The zero-order valence-electron chi connectivity index (χ0n) is 21.0. The van der Waals surface area contributed by atoms with Crippen molar-refractivity contribution in [3.8, 4) is 23.0 Å². The average molecular weight is 501 g/mol. The number of carbonyl (C=O) groups excluding carboxylic acids is 2. The van der Waals surface area contributed by atoms with Crippen LogP contribution in [0.1, 0.15) is 32.6 Å². The Labute approximate surface area is 215 Å². The maximum Gasteiger partial charge on any atom is 0.347 e. The SMILES string of the molecule is COc1cc(/C=C/C(=O)C=C(O)/C=C/c2ccc(OC(=O)c3ccc(C)cc3O)c(OC)c2)ccc1C. The number of ether oxygens (including phenoxy) is 3. The van der Waals surface area contributed by atoms with Crippen LogP contribution in [0.3, 0.4) is 0 Å². The van der Waals surface area contributed by atoms with Crippen LogP contribution in [-0.4, -0.2) is 36.2 Å². The summed E-state index contributed by atoms with van der Waals surface area (Å²) < 4.78 is 16.0. The molecule has 0 aromatic heterocycles. The molecular weight excluding hydrogens is 472 g/mol. The number of aliphatic hydroxyl groups is 1. The number of aliphatic hydroxyl groups excluding tert-OH is 1. The summed E-state index contributed by atoms with van der Waals surface area (Å²) in [6, 6.07) is 15.0. The van der Waals surface area contributed by atoms with Crippen molar-refractivity contribution in [2.45, 2.75) is 13.8 Å². The molecule has 3 aromatic carbocycles. The van der Waals surface area contributed by atoms with E-state index in [-0.39, 0.29) is 34.4 Å². The predicted molar refractivity (Wildman–Crippen MR) is 142 cm³/mol. The van der Waals surface area contributed by atoms with E-state index in [0.717, 1.165) is 28.5 Å². The molecule has 0 saturated heterocycles. The van der Waals surface area contributed by atoms with E-state index >= 15 is 0 Å². The van der Waals surface area contributed by atoms with Gasteiger partial charge in [-0.2, -0.15) is 0 Å². The standard InChI is InChI=1S/C30H28O7/c1-19-5-13-25(26(33)15-19)30(34)37-27-14-10-22(17-29(27)36-4)9-12-24(32)18-23(31)11-8-21-7-6-20(2)28(16-21)35-3/h5-18,32-33H,1-4H3/b11-8+,12-9+,24-18?. The Morgan fingerprint density at radius 3 is 2.11 bits per heavy atom. The molecule has 0 aliphatic rings. The Morgan fingerprint density at radius 1 is 0.784 bits per heavy atom. The number of rotatable bonds is 9. The van der Waals surface area contributed by atoms with Gasteiger partial charge in [-0.05, 0) is 78.6 Å². The van der Waals surface area contributed by atoms with Crippen molar-refractivity contribution in [1.82, 2.24) is 0 Å². The third-order valence-corrected chi connectivity index (χ3v) is 5.37. The van der Waals surface area contributed by atoms with Gasteiger partial charge in [0, 0.05) is 6.08 Å². The number of methoxy groups -OCH3 is 2. The minimum atomic E-state index is -0.727. The lowest BCUT2D eigenvalue weighted by atomic mass is 10.1. The molecule has 0 amide bonds. The van der Waals surface area contributed by atoms with E-state index in [1.165, 1.54) is 37.5 Å². The number of aryl methyl sites for hydroxylation is 2. The van der Waals surface area contributed by atoms with Crippen LogP contribution in [0.5, 0.6) is 23.0 Å². The third-order valence-electron chi connectivity index (χ3n) is 5.37. The Hall–Kier alpha value is -4.78. The maximum atomic E-state index is 12.5. The number of esters is 1. The highest BCUT2D eigenvalue weighted by Crippen LogP contribution is 2.30. The van der Waals surface area contributed by atoms with E-state index in [1.807, 2.05) is 25.1 Å². The normalized spacial score (nSPS) is 11.6. The molecule has 0 aliphatic carbocycles. The second kappa shape index (κ2) is 12.3. The summed E-state index contributed by atoms with van der Waals surface area (Å²) in [6.45, 7) is 3.73. The van der Waals surface area contributed by atoms with E-state index in [4.69, 9.17) is 14.2 Å². The summed E-state index contributed by atoms with van der Waals surface area (Å²) in [6.07, 6.45) is 7.03. The van der Waals surface area contributed by atoms with Crippen molar-refractivity contribution in [1.29, 1.82) is 0 Å². The first kappa shape index (κ1) is 26.8. The molecule has 0 heterocycles. The van der Waals surface area contributed by atoms with Crippen molar-refractivity contribution < 1.29 is 34.0 Å². The second-order valence-electron chi connectivity index (χ2n) is 8.19. The molecule has 3 aromatic rings. The highest BCUT2D eigenvalue weighted by Gasteiger charge is 2.16. The first-order valence-electron chi connectivity index (χ1n) is 11.4. The molecule has 0 aliphatic heterocycles. The van der Waals surface area contributed by atoms with Crippen LogP contribution in [0.15, 0.2) is 78.6 Å². The lowest BCUT2D eigenvalue weighted by Crippen LogP contribution is -2.09. The van der Waals surface area contributed by atoms with Gasteiger partial charge in [-0.15, -0.1) is 0 Å². The van der Waals surface area contributed by atoms with E-state index in [9.17, 15) is 19.8 Å². The molecule has 0 bridgehead atoms. The zero-order chi connectivity index (χ0) is 26.9. The van der Waals surface area contributed by atoms with Gasteiger partial charge in [0.2, 0.25) is 0 Å². The summed E-state index contributed by atoms with van der Waals surface area (Å²) in [5.41, 5.74) is 3.26. The van der Waals surface area contributed by atoms with Gasteiger partial charge < -0.3 is 24.4 Å². The van der Waals surface area contributed by atoms with Crippen LogP contribution < -0.4 is 14.2 Å². The minimum Gasteiger partial charge on any atom is -0.508 e. The first-order valence-corrected chi connectivity index (χ1v) is 11.4. The van der Waals surface area contributed by atoms with Crippen LogP contribution in [0, 0.1) is 13.8 Å². The Kier molecular flexibility index (Phi) is 8.89. The Balaban J connectivity index is 1.68. The van der Waals surface area contributed by atoms with Crippen LogP contribution in [0.4, 0.5) is 0 Å². The number of ketones is 1. The largest absolute Gasteiger partial charge is 0.508 e. The number of phenols is 1. The molecule has 0 unspecified atom stereocenters. The fourth-order valence-corrected chi connectivity index (χ4v) is 3.38. The van der Waals surface area contributed by atoms with Crippen molar-refractivity contribution >= 4 is 23.9 Å². The first-order chi connectivity index (χ1) is 17.7. The summed E-state index contributed by atoms with van der Waals surface area (Å²) >= 11 is 0. The topological polar surface area (TPSA) is 102 Å². The summed E-state index contributed by atoms with van der Waals surface area (Å²) in [5, 5.41) is 20.2. The average Bonchev–Trinajstić information content (AvgIpc) is 2.87. The van der Waals surface area contributed by atoms with Gasteiger partial charge in [-0.25, -0.2) is 4.79 Å². The lowest BCUT2D eigenvalue weighted by Gasteiger charge is -2.11. The second-order valence-corrected chi connectivity index (χ2v) is 8.19. The van der Waals surface area contributed by atoms with Gasteiger partial charge in [0.25, 0.3) is 0 Å². The van der Waals surface area contributed by atoms with Crippen molar-refractivity contribution in [2.75, 3.05) is 14.2 Å². The number of hydrogen-bond acceptors (Lipinski definition) is 7. The molecule has 7 heteroatoms.